The Bertz CT molecular complexity index is 632. The van der Waals surface area contributed by atoms with Gasteiger partial charge in [-0.25, -0.2) is 13.4 Å². The highest BCUT2D eigenvalue weighted by molar-refractivity contribution is 7.93. The highest BCUT2D eigenvalue weighted by Crippen LogP contribution is 2.26. The van der Waals surface area contributed by atoms with E-state index in [4.69, 9.17) is 6.42 Å². The fraction of sp³-hybridized carbons (Fsp3) is 0.250. The van der Waals surface area contributed by atoms with Crippen LogP contribution in [-0.2, 0) is 9.84 Å². The van der Waals surface area contributed by atoms with Gasteiger partial charge in [0.15, 0.2) is 0 Å². The van der Waals surface area contributed by atoms with Crippen molar-refractivity contribution in [3.05, 3.63) is 24.3 Å². The zero-order valence-electron chi connectivity index (χ0n) is 9.09. The second-order valence-corrected chi connectivity index (χ2v) is 6.89. The van der Waals surface area contributed by atoms with Crippen LogP contribution in [0.15, 0.2) is 28.6 Å². The van der Waals surface area contributed by atoms with Gasteiger partial charge in [-0.3, -0.25) is 0 Å². The molecule has 0 unspecified atom stereocenters. The third-order valence-corrected chi connectivity index (χ3v) is 5.57. The number of hydrogen-bond acceptors (Lipinski definition) is 4. The molecule has 88 valence electrons. The Morgan fingerprint density at radius 3 is 2.82 bits per heavy atom. The van der Waals surface area contributed by atoms with Gasteiger partial charge in [-0.15, -0.1) is 23.7 Å². The van der Waals surface area contributed by atoms with Gasteiger partial charge in [0, 0.05) is 6.42 Å². The number of para-hydroxylation sites is 1. The third kappa shape index (κ3) is 2.65. The van der Waals surface area contributed by atoms with Crippen molar-refractivity contribution in [1.82, 2.24) is 4.98 Å². The maximum Gasteiger partial charge on any atom is 0.210 e. The van der Waals surface area contributed by atoms with Crippen LogP contribution in [0.1, 0.15) is 12.8 Å². The first kappa shape index (κ1) is 12.1. The van der Waals surface area contributed by atoms with E-state index in [2.05, 4.69) is 10.9 Å². The Morgan fingerprint density at radius 1 is 1.35 bits per heavy atom. The van der Waals surface area contributed by atoms with Gasteiger partial charge in [-0.05, 0) is 18.6 Å². The largest absolute Gasteiger partial charge is 0.225 e. The number of thiazole rings is 1. The molecule has 3 nitrogen and oxygen atoms in total. The second-order valence-electron chi connectivity index (χ2n) is 3.57. The van der Waals surface area contributed by atoms with Crippen LogP contribution >= 0.6 is 11.3 Å². The molecule has 0 aliphatic carbocycles. The summed E-state index contributed by atoms with van der Waals surface area (Å²) in [6, 6.07) is 7.39. The number of rotatable bonds is 4. The second kappa shape index (κ2) is 4.86. The normalized spacial score (nSPS) is 11.5. The molecule has 2 aromatic rings. The van der Waals surface area contributed by atoms with Gasteiger partial charge in [0.25, 0.3) is 0 Å². The SMILES string of the molecule is C#CCCCS(=O)(=O)c1nc2ccccc2s1. The average molecular weight is 265 g/mol. The lowest BCUT2D eigenvalue weighted by atomic mass is 10.3. The molecule has 0 N–H and O–H groups in total. The summed E-state index contributed by atoms with van der Waals surface area (Å²) in [4.78, 5) is 4.14. The van der Waals surface area contributed by atoms with Crippen molar-refractivity contribution >= 4 is 31.4 Å². The fourth-order valence-corrected chi connectivity index (χ4v) is 4.10. The first-order valence-electron chi connectivity index (χ1n) is 5.15. The summed E-state index contributed by atoms with van der Waals surface area (Å²) in [6.45, 7) is 0. The minimum absolute atomic E-state index is 0.0665. The first-order chi connectivity index (χ1) is 8.13. The van der Waals surface area contributed by atoms with Crippen molar-refractivity contribution < 1.29 is 8.42 Å². The molecule has 2 rings (SSSR count). The fourth-order valence-electron chi connectivity index (χ4n) is 1.44. The molecular weight excluding hydrogens is 254 g/mol. The first-order valence-corrected chi connectivity index (χ1v) is 7.62. The van der Waals surface area contributed by atoms with E-state index in [0.717, 1.165) is 10.2 Å². The molecule has 5 heteroatoms. The quantitative estimate of drug-likeness (QED) is 0.630. The van der Waals surface area contributed by atoms with Gasteiger partial charge in [-0.1, -0.05) is 12.1 Å². The molecule has 0 radical (unpaired) electrons. The summed E-state index contributed by atoms with van der Waals surface area (Å²) < 4.78 is 25.0. The summed E-state index contributed by atoms with van der Waals surface area (Å²) in [6.07, 6.45) is 6.06. The van der Waals surface area contributed by atoms with Crippen LogP contribution in [0.5, 0.6) is 0 Å². The van der Waals surface area contributed by atoms with Crippen LogP contribution in [0.3, 0.4) is 0 Å². The van der Waals surface area contributed by atoms with E-state index in [1.165, 1.54) is 11.3 Å². The zero-order valence-corrected chi connectivity index (χ0v) is 10.7. The Hall–Kier alpha value is -1.38. The molecule has 0 amide bonds. The summed E-state index contributed by atoms with van der Waals surface area (Å²) in [7, 11) is -3.28. The Labute approximate surface area is 104 Å². The van der Waals surface area contributed by atoms with Crippen molar-refractivity contribution in [2.45, 2.75) is 17.2 Å². The van der Waals surface area contributed by atoms with E-state index >= 15 is 0 Å². The van der Waals surface area contributed by atoms with Crippen LogP contribution < -0.4 is 0 Å². The average Bonchev–Trinajstić information content (AvgIpc) is 2.73. The number of nitrogens with zero attached hydrogens (tertiary/aromatic N) is 1. The molecule has 0 bridgehead atoms. The van der Waals surface area contributed by atoms with Crippen LogP contribution in [-0.4, -0.2) is 19.2 Å². The molecule has 0 saturated carbocycles. The van der Waals surface area contributed by atoms with Crippen molar-refractivity contribution in [3.8, 4) is 12.3 Å². The molecular formula is C12H11NO2S2. The van der Waals surface area contributed by atoms with Gasteiger partial charge in [-0.2, -0.15) is 0 Å². The summed E-state index contributed by atoms with van der Waals surface area (Å²) >= 11 is 1.21. The highest BCUT2D eigenvalue weighted by Gasteiger charge is 2.18. The number of terminal acetylenes is 1. The molecule has 17 heavy (non-hydrogen) atoms. The summed E-state index contributed by atoms with van der Waals surface area (Å²) in [5.74, 6) is 2.50. The maximum absolute atomic E-state index is 12.0. The summed E-state index contributed by atoms with van der Waals surface area (Å²) in [5.41, 5.74) is 0.730. The maximum atomic E-state index is 12.0. The van der Waals surface area contributed by atoms with Crippen molar-refractivity contribution in [1.29, 1.82) is 0 Å². The highest BCUT2D eigenvalue weighted by atomic mass is 32.2. The van der Waals surface area contributed by atoms with Crippen LogP contribution in [0, 0.1) is 12.3 Å². The smallest absolute Gasteiger partial charge is 0.210 e. The lowest BCUT2D eigenvalue weighted by Crippen LogP contribution is -2.05. The zero-order chi connectivity index (χ0) is 12.3. The van der Waals surface area contributed by atoms with Gasteiger partial charge in [0.1, 0.15) is 0 Å². The molecule has 0 fully saturated rings. The van der Waals surface area contributed by atoms with Crippen molar-refractivity contribution in [3.63, 3.8) is 0 Å². The molecule has 0 saturated heterocycles. The third-order valence-electron chi connectivity index (χ3n) is 2.27. The minimum atomic E-state index is -3.28. The molecule has 0 aliphatic heterocycles. The number of fused-ring (bicyclic) bond motifs is 1. The molecule has 1 aromatic carbocycles. The van der Waals surface area contributed by atoms with E-state index < -0.39 is 9.84 Å². The van der Waals surface area contributed by atoms with E-state index in [1.54, 1.807) is 0 Å². The van der Waals surface area contributed by atoms with Gasteiger partial charge >= 0.3 is 0 Å². The van der Waals surface area contributed by atoms with E-state index in [1.807, 2.05) is 24.3 Å². The van der Waals surface area contributed by atoms with Gasteiger partial charge in [0.05, 0.1) is 16.0 Å². The number of sulfone groups is 1. The van der Waals surface area contributed by atoms with Crippen LogP contribution in [0.4, 0.5) is 0 Å². The van der Waals surface area contributed by atoms with E-state index in [9.17, 15) is 8.42 Å². The Morgan fingerprint density at radius 2 is 2.12 bits per heavy atom. The lowest BCUT2D eigenvalue weighted by Gasteiger charge is -1.97. The molecule has 1 aromatic heterocycles. The van der Waals surface area contributed by atoms with Crippen molar-refractivity contribution in [2.24, 2.45) is 0 Å². The number of unbranched alkanes of at least 4 members (excludes halogenated alkanes) is 1. The molecule has 0 aliphatic rings. The topological polar surface area (TPSA) is 47.0 Å². The van der Waals surface area contributed by atoms with E-state index in [0.29, 0.717) is 12.8 Å². The number of hydrogen-bond donors (Lipinski definition) is 0. The molecule has 1 heterocycles. The van der Waals surface area contributed by atoms with Crippen molar-refractivity contribution in [2.75, 3.05) is 5.75 Å². The lowest BCUT2D eigenvalue weighted by molar-refractivity contribution is 0.593. The predicted molar refractivity (Wildman–Crippen MR) is 69.7 cm³/mol. The van der Waals surface area contributed by atoms with Gasteiger partial charge < -0.3 is 0 Å². The predicted octanol–water partition coefficient (Wildman–Crippen LogP) is 2.48. The molecule has 0 spiro atoms. The van der Waals surface area contributed by atoms with Crippen LogP contribution in [0.25, 0.3) is 10.2 Å². The number of benzene rings is 1. The minimum Gasteiger partial charge on any atom is -0.225 e. The van der Waals surface area contributed by atoms with Gasteiger partial charge in [0.2, 0.25) is 14.2 Å². The standard InChI is InChI=1S/C12H11NO2S2/c1-2-3-6-9-17(14,15)12-13-10-7-4-5-8-11(10)16-12/h1,4-5,7-8H,3,6,9H2. The Balaban J connectivity index is 2.30. The van der Waals surface area contributed by atoms with Crippen LogP contribution in [0.2, 0.25) is 0 Å². The number of aromatic nitrogens is 1. The summed E-state index contributed by atoms with van der Waals surface area (Å²) in [5, 5.41) is 0. The monoisotopic (exact) mass is 265 g/mol. The Kier molecular flexibility index (Phi) is 3.46. The van der Waals surface area contributed by atoms with E-state index in [-0.39, 0.29) is 10.1 Å². The molecule has 0 atom stereocenters.